The molecule has 0 spiro atoms. The zero-order valence-corrected chi connectivity index (χ0v) is 17.5. The van der Waals surface area contributed by atoms with Crippen LogP contribution in [0.5, 0.6) is 5.75 Å². The molecule has 0 bridgehead atoms. The molecule has 0 aliphatic rings. The van der Waals surface area contributed by atoms with Gasteiger partial charge in [-0.15, -0.1) is 0 Å². The molecule has 1 amide bonds. The average molecular weight is 462 g/mol. The van der Waals surface area contributed by atoms with Gasteiger partial charge in [-0.3, -0.25) is 9.52 Å². The molecule has 0 saturated heterocycles. The van der Waals surface area contributed by atoms with Gasteiger partial charge >= 0.3 is 0 Å². The predicted molar refractivity (Wildman–Crippen MR) is 107 cm³/mol. The molecule has 0 aliphatic carbocycles. The molecule has 0 fully saturated rings. The first-order chi connectivity index (χ1) is 12.2. The molecule has 0 aromatic heterocycles. The zero-order valence-electron chi connectivity index (χ0n) is 14.4. The number of rotatable bonds is 6. The quantitative estimate of drug-likeness (QED) is 0.660. The molecule has 2 aromatic carbocycles. The van der Waals surface area contributed by atoms with Gasteiger partial charge in [0, 0.05) is 17.1 Å². The smallest absolute Gasteiger partial charge is 0.265 e. The van der Waals surface area contributed by atoms with Crippen LogP contribution in [0.15, 0.2) is 39.7 Å². The maximum Gasteiger partial charge on any atom is 0.265 e. The maximum absolute atomic E-state index is 12.9. The van der Waals surface area contributed by atoms with E-state index in [9.17, 15) is 13.2 Å². The summed E-state index contributed by atoms with van der Waals surface area (Å²) in [5, 5.41) is 2.95. The largest absolute Gasteiger partial charge is 0.494 e. The molecule has 0 heterocycles. The van der Waals surface area contributed by atoms with E-state index in [0.717, 1.165) is 0 Å². The standard InChI is InChI=1S/C17H18BrClN2O4S/c1-4-16(22)20-12-6-5-10(2)14(9-12)21-26(23,24)15-8-11(19)7-13(18)17(15)25-3/h5-9,21H,4H2,1-3H3,(H,20,22). The van der Waals surface area contributed by atoms with Crippen molar-refractivity contribution in [1.29, 1.82) is 0 Å². The van der Waals surface area contributed by atoms with Gasteiger partial charge in [0.1, 0.15) is 4.90 Å². The van der Waals surface area contributed by atoms with Crippen LogP contribution >= 0.6 is 27.5 Å². The predicted octanol–water partition coefficient (Wildman–Crippen LogP) is 4.57. The van der Waals surface area contributed by atoms with Crippen LogP contribution < -0.4 is 14.8 Å². The van der Waals surface area contributed by atoms with Crippen LogP contribution in [0.2, 0.25) is 5.02 Å². The number of carbonyl (C=O) groups excluding carboxylic acids is 1. The number of methoxy groups -OCH3 is 1. The Labute approximate surface area is 166 Å². The van der Waals surface area contributed by atoms with Crippen LogP contribution in [0.25, 0.3) is 0 Å². The van der Waals surface area contributed by atoms with Gasteiger partial charge in [0.2, 0.25) is 5.91 Å². The van der Waals surface area contributed by atoms with Gasteiger partial charge in [-0.2, -0.15) is 0 Å². The number of hydrogen-bond donors (Lipinski definition) is 2. The second-order valence-electron chi connectivity index (χ2n) is 5.46. The number of ether oxygens (including phenoxy) is 1. The first-order valence-electron chi connectivity index (χ1n) is 7.64. The summed E-state index contributed by atoms with van der Waals surface area (Å²) in [6, 6.07) is 7.84. The average Bonchev–Trinajstić information content (AvgIpc) is 2.57. The van der Waals surface area contributed by atoms with E-state index in [-0.39, 0.29) is 21.6 Å². The molecule has 140 valence electrons. The minimum atomic E-state index is -3.98. The third kappa shape index (κ3) is 4.69. The monoisotopic (exact) mass is 460 g/mol. The van der Waals surface area contributed by atoms with Crippen molar-refractivity contribution >= 4 is 54.8 Å². The molecular weight excluding hydrogens is 444 g/mol. The second kappa shape index (κ2) is 8.28. The Bertz CT molecular complexity index is 948. The summed E-state index contributed by atoms with van der Waals surface area (Å²) in [6.07, 6.45) is 0.322. The van der Waals surface area contributed by atoms with Crippen molar-refractivity contribution in [2.24, 2.45) is 0 Å². The molecule has 0 aliphatic heterocycles. The van der Waals surface area contributed by atoms with Crippen LogP contribution in [-0.4, -0.2) is 21.4 Å². The molecule has 9 heteroatoms. The van der Waals surface area contributed by atoms with E-state index in [1.54, 1.807) is 38.1 Å². The van der Waals surface area contributed by atoms with Gasteiger partial charge in [0.25, 0.3) is 10.0 Å². The van der Waals surface area contributed by atoms with Crippen molar-refractivity contribution in [2.75, 3.05) is 17.1 Å². The van der Waals surface area contributed by atoms with Crippen LogP contribution in [0.4, 0.5) is 11.4 Å². The van der Waals surface area contributed by atoms with E-state index >= 15 is 0 Å². The first kappa shape index (κ1) is 20.5. The molecule has 6 nitrogen and oxygen atoms in total. The van der Waals surface area contributed by atoms with Crippen molar-refractivity contribution in [1.82, 2.24) is 0 Å². The highest BCUT2D eigenvalue weighted by Gasteiger charge is 2.23. The Kier molecular flexibility index (Phi) is 6.54. The maximum atomic E-state index is 12.9. The summed E-state index contributed by atoms with van der Waals surface area (Å²) in [7, 11) is -2.60. The summed E-state index contributed by atoms with van der Waals surface area (Å²) in [6.45, 7) is 3.49. The highest BCUT2D eigenvalue weighted by Crippen LogP contribution is 2.36. The van der Waals surface area contributed by atoms with E-state index in [1.165, 1.54) is 13.2 Å². The summed E-state index contributed by atoms with van der Waals surface area (Å²) in [5.74, 6) is -0.0157. The second-order valence-corrected chi connectivity index (χ2v) is 8.40. The van der Waals surface area contributed by atoms with Crippen LogP contribution in [0.3, 0.4) is 0 Å². The van der Waals surface area contributed by atoms with Gasteiger partial charge in [-0.05, 0) is 52.7 Å². The van der Waals surface area contributed by atoms with Gasteiger partial charge in [-0.1, -0.05) is 24.6 Å². The lowest BCUT2D eigenvalue weighted by atomic mass is 10.2. The lowest BCUT2D eigenvalue weighted by molar-refractivity contribution is -0.115. The summed E-state index contributed by atoms with van der Waals surface area (Å²) < 4.78 is 33.9. The lowest BCUT2D eigenvalue weighted by Crippen LogP contribution is -2.16. The molecule has 0 atom stereocenters. The number of anilines is 2. The number of carbonyl (C=O) groups is 1. The topological polar surface area (TPSA) is 84.5 Å². The summed E-state index contributed by atoms with van der Waals surface area (Å²) in [5.41, 5.74) is 1.54. The first-order valence-corrected chi connectivity index (χ1v) is 10.3. The fourth-order valence-electron chi connectivity index (χ4n) is 2.19. The van der Waals surface area contributed by atoms with E-state index in [1.807, 2.05) is 0 Å². The Balaban J connectivity index is 2.44. The van der Waals surface area contributed by atoms with Crippen molar-refractivity contribution in [3.63, 3.8) is 0 Å². The molecule has 2 rings (SSSR count). The number of hydrogen-bond acceptors (Lipinski definition) is 4. The molecule has 2 aromatic rings. The van der Waals surface area contributed by atoms with Gasteiger partial charge in [-0.25, -0.2) is 8.42 Å². The Morgan fingerprint density at radius 3 is 2.58 bits per heavy atom. The fraction of sp³-hybridized carbons (Fsp3) is 0.235. The molecule has 0 saturated carbocycles. The van der Waals surface area contributed by atoms with Crippen molar-refractivity contribution < 1.29 is 17.9 Å². The van der Waals surface area contributed by atoms with E-state index in [0.29, 0.717) is 27.8 Å². The SMILES string of the molecule is CCC(=O)Nc1ccc(C)c(NS(=O)(=O)c2cc(Cl)cc(Br)c2OC)c1. The number of nitrogens with one attached hydrogen (secondary N) is 2. The number of halogens is 2. The minimum Gasteiger partial charge on any atom is -0.494 e. The van der Waals surface area contributed by atoms with E-state index in [2.05, 4.69) is 26.0 Å². The molecule has 26 heavy (non-hydrogen) atoms. The highest BCUT2D eigenvalue weighted by molar-refractivity contribution is 9.10. The van der Waals surface area contributed by atoms with Crippen LogP contribution in [-0.2, 0) is 14.8 Å². The normalized spacial score (nSPS) is 11.1. The number of aryl methyl sites for hydroxylation is 1. The Hall–Kier alpha value is -1.77. The molecule has 2 N–H and O–H groups in total. The Morgan fingerprint density at radius 2 is 1.96 bits per heavy atom. The molecule has 0 radical (unpaired) electrons. The molecular formula is C17H18BrClN2O4S. The van der Waals surface area contributed by atoms with Crippen molar-refractivity contribution in [2.45, 2.75) is 25.2 Å². The summed E-state index contributed by atoms with van der Waals surface area (Å²) in [4.78, 5) is 11.5. The minimum absolute atomic E-state index is 0.0956. The Morgan fingerprint density at radius 1 is 1.27 bits per heavy atom. The number of sulfonamides is 1. The lowest BCUT2D eigenvalue weighted by Gasteiger charge is -2.15. The number of amides is 1. The zero-order chi connectivity index (χ0) is 19.5. The highest BCUT2D eigenvalue weighted by atomic mass is 79.9. The van der Waals surface area contributed by atoms with Gasteiger partial charge in [0.05, 0.1) is 17.3 Å². The van der Waals surface area contributed by atoms with Gasteiger partial charge < -0.3 is 10.1 Å². The van der Waals surface area contributed by atoms with E-state index < -0.39 is 10.0 Å². The molecule has 0 unspecified atom stereocenters. The van der Waals surface area contributed by atoms with E-state index in [4.69, 9.17) is 16.3 Å². The third-order valence-electron chi connectivity index (χ3n) is 3.55. The van der Waals surface area contributed by atoms with Gasteiger partial charge in [0.15, 0.2) is 5.75 Å². The van der Waals surface area contributed by atoms with Crippen LogP contribution in [0, 0.1) is 6.92 Å². The van der Waals surface area contributed by atoms with Crippen molar-refractivity contribution in [3.8, 4) is 5.75 Å². The summed E-state index contributed by atoms with van der Waals surface area (Å²) >= 11 is 9.24. The third-order valence-corrected chi connectivity index (χ3v) is 5.73. The van der Waals surface area contributed by atoms with Crippen LogP contribution in [0.1, 0.15) is 18.9 Å². The number of benzene rings is 2. The van der Waals surface area contributed by atoms with Crippen molar-refractivity contribution in [3.05, 3.63) is 45.4 Å². The fourth-order valence-corrected chi connectivity index (χ4v) is 4.70.